The van der Waals surface area contributed by atoms with Crippen LogP contribution in [0.1, 0.15) is 13.8 Å². The summed E-state index contributed by atoms with van der Waals surface area (Å²) in [6.45, 7) is 3.93. The van der Waals surface area contributed by atoms with Crippen molar-refractivity contribution in [1.82, 2.24) is 10.9 Å². The molecule has 0 atom stereocenters. The van der Waals surface area contributed by atoms with Gasteiger partial charge < -0.3 is 15.9 Å². The summed E-state index contributed by atoms with van der Waals surface area (Å²) in [5, 5.41) is 0. The van der Waals surface area contributed by atoms with Crippen molar-refractivity contribution in [2.45, 2.75) is 20.0 Å². The zero-order chi connectivity index (χ0) is 8.27. The van der Waals surface area contributed by atoms with Crippen LogP contribution in [0.2, 0.25) is 0 Å². The Bertz CT molecular complexity index is 196. The fourth-order valence-electron chi connectivity index (χ4n) is 0.762. The van der Waals surface area contributed by atoms with Crippen LogP contribution in [0.15, 0.2) is 23.9 Å². The summed E-state index contributed by atoms with van der Waals surface area (Å²) >= 11 is 0. The van der Waals surface area contributed by atoms with E-state index in [1.54, 1.807) is 12.3 Å². The lowest BCUT2D eigenvalue weighted by atomic mass is 10.4. The Morgan fingerprint density at radius 2 is 2.27 bits per heavy atom. The Morgan fingerprint density at radius 1 is 1.55 bits per heavy atom. The minimum absolute atomic E-state index is 0.171. The topological polar surface area (TPSA) is 59.3 Å². The molecule has 0 fully saturated rings. The van der Waals surface area contributed by atoms with Crippen LogP contribution in [0.4, 0.5) is 0 Å². The van der Waals surface area contributed by atoms with Crippen molar-refractivity contribution in [3.63, 3.8) is 0 Å². The second-order valence-corrected chi connectivity index (χ2v) is 2.58. The highest BCUT2D eigenvalue weighted by Gasteiger charge is 2.02. The molecule has 0 bridgehead atoms. The lowest BCUT2D eigenvalue weighted by Crippen LogP contribution is -2.33. The van der Waals surface area contributed by atoms with Crippen molar-refractivity contribution in [1.29, 1.82) is 0 Å². The molecule has 62 valence electrons. The Kier molecular flexibility index (Phi) is 2.25. The van der Waals surface area contributed by atoms with E-state index in [9.17, 15) is 0 Å². The molecule has 1 aliphatic heterocycles. The maximum atomic E-state index is 5.47. The van der Waals surface area contributed by atoms with Gasteiger partial charge in [0, 0.05) is 6.08 Å². The van der Waals surface area contributed by atoms with Gasteiger partial charge in [-0.3, -0.25) is 5.43 Å². The first-order chi connectivity index (χ1) is 5.18. The molecule has 4 heteroatoms. The molecular weight excluding hydrogens is 142 g/mol. The standard InChI is InChI=1S/C7H13N3O/c1-5(2)11-6-3-7(8)10-9-4-6/h3-5,9-10H,8H2,1-2H3. The second kappa shape index (κ2) is 3.18. The van der Waals surface area contributed by atoms with Crippen molar-refractivity contribution in [3.8, 4) is 0 Å². The fraction of sp³-hybridized carbons (Fsp3) is 0.429. The van der Waals surface area contributed by atoms with E-state index in [1.165, 1.54) is 0 Å². The van der Waals surface area contributed by atoms with Gasteiger partial charge in [0.25, 0.3) is 0 Å². The zero-order valence-electron chi connectivity index (χ0n) is 6.72. The molecule has 1 heterocycles. The average molecular weight is 155 g/mol. The van der Waals surface area contributed by atoms with Crippen LogP contribution >= 0.6 is 0 Å². The summed E-state index contributed by atoms with van der Waals surface area (Å²) < 4.78 is 5.36. The summed E-state index contributed by atoms with van der Waals surface area (Å²) in [4.78, 5) is 0. The normalized spacial score (nSPS) is 16.3. The molecule has 0 aromatic rings. The summed E-state index contributed by atoms with van der Waals surface area (Å²) in [5.41, 5.74) is 10.9. The Hall–Kier alpha value is -1.32. The number of rotatable bonds is 2. The molecule has 0 saturated carbocycles. The predicted molar refractivity (Wildman–Crippen MR) is 42.8 cm³/mol. The molecule has 0 amide bonds. The molecule has 0 aromatic carbocycles. The average Bonchev–Trinajstić information content (AvgIpc) is 1.85. The summed E-state index contributed by atoms with van der Waals surface area (Å²) in [7, 11) is 0. The highest BCUT2D eigenvalue weighted by atomic mass is 16.5. The van der Waals surface area contributed by atoms with Gasteiger partial charge in [-0.2, -0.15) is 0 Å². The van der Waals surface area contributed by atoms with Crippen LogP contribution in [0, 0.1) is 0 Å². The highest BCUT2D eigenvalue weighted by molar-refractivity contribution is 5.18. The van der Waals surface area contributed by atoms with Crippen molar-refractivity contribution in [2.75, 3.05) is 0 Å². The first-order valence-corrected chi connectivity index (χ1v) is 3.54. The molecule has 4 nitrogen and oxygen atoms in total. The third kappa shape index (κ3) is 2.41. The van der Waals surface area contributed by atoms with Crippen LogP contribution in [-0.4, -0.2) is 6.10 Å². The summed E-state index contributed by atoms with van der Waals surface area (Å²) in [6, 6.07) is 0. The van der Waals surface area contributed by atoms with E-state index in [4.69, 9.17) is 10.5 Å². The molecule has 0 saturated heterocycles. The summed E-state index contributed by atoms with van der Waals surface area (Å²) in [5.74, 6) is 1.31. The van der Waals surface area contributed by atoms with Crippen LogP contribution in [-0.2, 0) is 4.74 Å². The van der Waals surface area contributed by atoms with Crippen molar-refractivity contribution in [3.05, 3.63) is 23.9 Å². The molecule has 1 rings (SSSR count). The quantitative estimate of drug-likeness (QED) is 0.531. The molecule has 1 aliphatic rings. The van der Waals surface area contributed by atoms with Gasteiger partial charge in [-0.15, -0.1) is 0 Å². The van der Waals surface area contributed by atoms with Crippen LogP contribution < -0.4 is 16.6 Å². The van der Waals surface area contributed by atoms with Crippen molar-refractivity contribution in [2.24, 2.45) is 5.73 Å². The third-order valence-corrected chi connectivity index (χ3v) is 1.10. The maximum Gasteiger partial charge on any atom is 0.140 e. The first kappa shape index (κ1) is 7.78. The number of hydrogen-bond acceptors (Lipinski definition) is 4. The number of nitrogens with two attached hydrogens (primary N) is 1. The first-order valence-electron chi connectivity index (χ1n) is 3.54. The molecule has 0 radical (unpaired) electrons. The Morgan fingerprint density at radius 3 is 2.82 bits per heavy atom. The predicted octanol–water partition coefficient (Wildman–Crippen LogP) is 0.161. The number of ether oxygens (including phenoxy) is 1. The van der Waals surface area contributed by atoms with Gasteiger partial charge in [-0.05, 0) is 13.8 Å². The lowest BCUT2D eigenvalue weighted by molar-refractivity contribution is 0.154. The Balaban J connectivity index is 2.52. The van der Waals surface area contributed by atoms with Gasteiger partial charge in [0.2, 0.25) is 0 Å². The van der Waals surface area contributed by atoms with Gasteiger partial charge in [0.1, 0.15) is 11.6 Å². The molecule has 11 heavy (non-hydrogen) atoms. The van der Waals surface area contributed by atoms with E-state index in [0.29, 0.717) is 5.82 Å². The van der Waals surface area contributed by atoms with Gasteiger partial charge in [-0.25, -0.2) is 0 Å². The second-order valence-electron chi connectivity index (χ2n) is 2.58. The molecular formula is C7H13N3O. The molecule has 0 spiro atoms. The van der Waals surface area contributed by atoms with Crippen molar-refractivity contribution >= 4 is 0 Å². The number of allylic oxidation sites excluding steroid dienone is 1. The minimum Gasteiger partial charge on any atom is -0.489 e. The SMILES string of the molecule is CC(C)OC1=CNNC(N)=C1. The number of hydrazine groups is 1. The molecule has 0 aromatic heterocycles. The lowest BCUT2D eigenvalue weighted by Gasteiger charge is -2.16. The minimum atomic E-state index is 0.171. The van der Waals surface area contributed by atoms with Gasteiger partial charge in [0.05, 0.1) is 12.3 Å². The summed E-state index contributed by atoms with van der Waals surface area (Å²) in [6.07, 6.45) is 3.62. The van der Waals surface area contributed by atoms with Crippen LogP contribution in [0.25, 0.3) is 0 Å². The smallest absolute Gasteiger partial charge is 0.140 e. The van der Waals surface area contributed by atoms with E-state index in [2.05, 4.69) is 10.9 Å². The zero-order valence-corrected chi connectivity index (χ0v) is 6.72. The van der Waals surface area contributed by atoms with E-state index < -0.39 is 0 Å². The van der Waals surface area contributed by atoms with Gasteiger partial charge in [-0.1, -0.05) is 0 Å². The van der Waals surface area contributed by atoms with E-state index in [0.717, 1.165) is 5.76 Å². The monoisotopic (exact) mass is 155 g/mol. The van der Waals surface area contributed by atoms with Crippen LogP contribution in [0.5, 0.6) is 0 Å². The van der Waals surface area contributed by atoms with Gasteiger partial charge >= 0.3 is 0 Å². The largest absolute Gasteiger partial charge is 0.489 e. The highest BCUT2D eigenvalue weighted by Crippen LogP contribution is 2.05. The van der Waals surface area contributed by atoms with Crippen LogP contribution in [0.3, 0.4) is 0 Å². The number of nitrogens with one attached hydrogen (secondary N) is 2. The molecule has 0 aliphatic carbocycles. The van der Waals surface area contributed by atoms with E-state index >= 15 is 0 Å². The Labute approximate surface area is 66.1 Å². The molecule has 0 unspecified atom stereocenters. The fourth-order valence-corrected chi connectivity index (χ4v) is 0.762. The van der Waals surface area contributed by atoms with E-state index in [1.807, 2.05) is 13.8 Å². The van der Waals surface area contributed by atoms with Crippen molar-refractivity contribution < 1.29 is 4.74 Å². The molecule has 4 N–H and O–H groups in total. The third-order valence-electron chi connectivity index (χ3n) is 1.10. The number of hydrogen-bond donors (Lipinski definition) is 3. The van der Waals surface area contributed by atoms with Gasteiger partial charge in [0.15, 0.2) is 0 Å². The van der Waals surface area contributed by atoms with E-state index in [-0.39, 0.29) is 6.10 Å². The maximum absolute atomic E-state index is 5.47.